The number of aromatic nitrogens is 2. The summed E-state index contributed by atoms with van der Waals surface area (Å²) in [5, 5.41) is 12.7. The summed E-state index contributed by atoms with van der Waals surface area (Å²) >= 11 is 3.20. The number of nitrogens with zero attached hydrogens (tertiary/aromatic N) is 2. The highest BCUT2D eigenvalue weighted by Gasteiger charge is 2.20. The average molecular weight is 283 g/mol. The Morgan fingerprint density at radius 3 is 2.81 bits per heavy atom. The highest BCUT2D eigenvalue weighted by atomic mass is 79.9. The van der Waals surface area contributed by atoms with Crippen LogP contribution >= 0.6 is 15.9 Å². The first-order valence-corrected chi connectivity index (χ1v) is 5.20. The van der Waals surface area contributed by atoms with Crippen molar-refractivity contribution in [3.05, 3.63) is 34.3 Å². The molecule has 2 aromatic heterocycles. The fraction of sp³-hybridized carbons (Fsp3) is 0.100. The van der Waals surface area contributed by atoms with Crippen LogP contribution in [-0.4, -0.2) is 21.2 Å². The summed E-state index contributed by atoms with van der Waals surface area (Å²) < 4.78 is 5.55. The zero-order valence-electron chi connectivity index (χ0n) is 8.27. The van der Waals surface area contributed by atoms with Crippen LogP contribution in [0.15, 0.2) is 27.5 Å². The lowest BCUT2D eigenvalue weighted by Gasteiger charge is -1.97. The SMILES string of the molecule is Cc1onc(-c2ccc(Br)nc2)c1C(=O)O. The Hall–Kier alpha value is -1.69. The van der Waals surface area contributed by atoms with E-state index >= 15 is 0 Å². The normalized spacial score (nSPS) is 10.4. The van der Waals surface area contributed by atoms with Crippen molar-refractivity contribution in [1.82, 2.24) is 10.1 Å². The van der Waals surface area contributed by atoms with Crippen LogP contribution in [0.3, 0.4) is 0 Å². The smallest absolute Gasteiger partial charge is 0.341 e. The van der Waals surface area contributed by atoms with E-state index in [0.29, 0.717) is 15.9 Å². The van der Waals surface area contributed by atoms with E-state index in [-0.39, 0.29) is 11.3 Å². The summed E-state index contributed by atoms with van der Waals surface area (Å²) in [5.41, 5.74) is 0.978. The van der Waals surface area contributed by atoms with Crippen LogP contribution in [-0.2, 0) is 0 Å². The molecule has 0 spiro atoms. The minimum absolute atomic E-state index is 0.0733. The molecule has 2 rings (SSSR count). The van der Waals surface area contributed by atoms with Crippen LogP contribution in [0.5, 0.6) is 0 Å². The van der Waals surface area contributed by atoms with Crippen LogP contribution in [0, 0.1) is 6.92 Å². The second-order valence-electron chi connectivity index (χ2n) is 3.14. The van der Waals surface area contributed by atoms with E-state index in [1.807, 2.05) is 0 Å². The first-order valence-electron chi connectivity index (χ1n) is 4.41. The number of aryl methyl sites for hydroxylation is 1. The number of carboxylic acids is 1. The average Bonchev–Trinajstić information content (AvgIpc) is 2.61. The van der Waals surface area contributed by atoms with Gasteiger partial charge in [0.15, 0.2) is 0 Å². The maximum atomic E-state index is 11.0. The monoisotopic (exact) mass is 282 g/mol. The van der Waals surface area contributed by atoms with Crippen molar-refractivity contribution in [2.75, 3.05) is 0 Å². The van der Waals surface area contributed by atoms with Crippen LogP contribution in [0.4, 0.5) is 0 Å². The van der Waals surface area contributed by atoms with E-state index in [0.717, 1.165) is 0 Å². The second-order valence-corrected chi connectivity index (χ2v) is 3.95. The van der Waals surface area contributed by atoms with Crippen LogP contribution in [0.25, 0.3) is 11.3 Å². The number of carbonyl (C=O) groups is 1. The third kappa shape index (κ3) is 1.83. The molecular formula is C10H7BrN2O3. The summed E-state index contributed by atoms with van der Waals surface area (Å²) in [6.07, 6.45) is 1.54. The quantitative estimate of drug-likeness (QED) is 0.857. The zero-order valence-corrected chi connectivity index (χ0v) is 9.85. The molecule has 0 radical (unpaired) electrons. The largest absolute Gasteiger partial charge is 0.477 e. The molecule has 0 aliphatic carbocycles. The maximum absolute atomic E-state index is 11.0. The molecule has 0 aromatic carbocycles. The van der Waals surface area contributed by atoms with Gasteiger partial charge >= 0.3 is 5.97 Å². The predicted octanol–water partition coefficient (Wildman–Crippen LogP) is 2.51. The minimum atomic E-state index is -1.06. The summed E-state index contributed by atoms with van der Waals surface area (Å²) in [6, 6.07) is 3.44. The molecule has 0 saturated carbocycles. The van der Waals surface area contributed by atoms with Gasteiger partial charge in [-0.05, 0) is 35.0 Å². The Balaban J connectivity index is 2.56. The van der Waals surface area contributed by atoms with Gasteiger partial charge in [-0.1, -0.05) is 5.16 Å². The van der Waals surface area contributed by atoms with Crippen molar-refractivity contribution in [2.24, 2.45) is 0 Å². The van der Waals surface area contributed by atoms with Gasteiger partial charge in [0.1, 0.15) is 21.6 Å². The van der Waals surface area contributed by atoms with Gasteiger partial charge in [0.05, 0.1) is 0 Å². The van der Waals surface area contributed by atoms with Gasteiger partial charge in [-0.25, -0.2) is 9.78 Å². The van der Waals surface area contributed by atoms with Gasteiger partial charge in [-0.15, -0.1) is 0 Å². The molecule has 5 nitrogen and oxygen atoms in total. The number of aromatic carboxylic acids is 1. The van der Waals surface area contributed by atoms with Crippen molar-refractivity contribution in [1.29, 1.82) is 0 Å². The molecule has 2 aromatic rings. The third-order valence-electron chi connectivity index (χ3n) is 2.08. The summed E-state index contributed by atoms with van der Waals surface area (Å²) in [7, 11) is 0. The van der Waals surface area contributed by atoms with Crippen LogP contribution in [0.2, 0.25) is 0 Å². The summed E-state index contributed by atoms with van der Waals surface area (Å²) in [6.45, 7) is 1.56. The molecule has 0 aliphatic heterocycles. The lowest BCUT2D eigenvalue weighted by atomic mass is 10.1. The number of halogens is 1. The van der Waals surface area contributed by atoms with Gasteiger partial charge in [-0.2, -0.15) is 0 Å². The van der Waals surface area contributed by atoms with Gasteiger partial charge in [0.2, 0.25) is 0 Å². The van der Waals surface area contributed by atoms with Crippen LogP contribution in [0.1, 0.15) is 16.1 Å². The third-order valence-corrected chi connectivity index (χ3v) is 2.55. The maximum Gasteiger partial charge on any atom is 0.341 e. The molecule has 6 heteroatoms. The number of carboxylic acid groups (broad SMARTS) is 1. The molecule has 82 valence electrons. The summed E-state index contributed by atoms with van der Waals surface area (Å²) in [4.78, 5) is 15.0. The first-order chi connectivity index (χ1) is 7.59. The van der Waals surface area contributed by atoms with Crippen molar-refractivity contribution in [3.8, 4) is 11.3 Å². The van der Waals surface area contributed by atoms with Crippen molar-refractivity contribution in [2.45, 2.75) is 6.92 Å². The lowest BCUT2D eigenvalue weighted by Crippen LogP contribution is -1.99. The molecule has 0 fully saturated rings. The van der Waals surface area contributed by atoms with Crippen LogP contribution < -0.4 is 0 Å². The highest BCUT2D eigenvalue weighted by molar-refractivity contribution is 9.10. The molecule has 0 aliphatic rings. The van der Waals surface area contributed by atoms with E-state index in [4.69, 9.17) is 9.63 Å². The van der Waals surface area contributed by atoms with Crippen molar-refractivity contribution < 1.29 is 14.4 Å². The summed E-state index contributed by atoms with van der Waals surface area (Å²) in [5.74, 6) is -0.776. The van der Waals surface area contributed by atoms with Crippen molar-refractivity contribution >= 4 is 21.9 Å². The topological polar surface area (TPSA) is 76.2 Å². The molecule has 16 heavy (non-hydrogen) atoms. The fourth-order valence-corrected chi connectivity index (χ4v) is 1.57. The van der Waals surface area contributed by atoms with E-state index in [1.54, 1.807) is 19.1 Å². The van der Waals surface area contributed by atoms with Gasteiger partial charge in [0, 0.05) is 11.8 Å². The molecule has 1 N–H and O–H groups in total. The van der Waals surface area contributed by atoms with Crippen molar-refractivity contribution in [3.63, 3.8) is 0 Å². The predicted molar refractivity (Wildman–Crippen MR) is 59.1 cm³/mol. The standard InChI is InChI=1S/C10H7BrN2O3/c1-5-8(10(14)15)9(13-16-5)6-2-3-7(11)12-4-6/h2-4H,1H3,(H,14,15). The zero-order chi connectivity index (χ0) is 11.7. The molecule has 0 bridgehead atoms. The van der Waals surface area contributed by atoms with E-state index in [2.05, 4.69) is 26.1 Å². The van der Waals surface area contributed by atoms with E-state index < -0.39 is 5.97 Å². The first kappa shape index (κ1) is 10.8. The lowest BCUT2D eigenvalue weighted by molar-refractivity contribution is 0.0696. The Bertz CT molecular complexity index is 533. The Morgan fingerprint density at radius 1 is 1.50 bits per heavy atom. The molecule has 0 atom stereocenters. The van der Waals surface area contributed by atoms with Gasteiger partial charge in [-0.3, -0.25) is 0 Å². The molecule has 0 saturated heterocycles. The number of hydrogen-bond acceptors (Lipinski definition) is 4. The number of hydrogen-bond donors (Lipinski definition) is 1. The fourth-order valence-electron chi connectivity index (χ4n) is 1.34. The highest BCUT2D eigenvalue weighted by Crippen LogP contribution is 2.25. The van der Waals surface area contributed by atoms with E-state index in [9.17, 15) is 4.79 Å². The number of rotatable bonds is 2. The van der Waals surface area contributed by atoms with E-state index in [1.165, 1.54) is 6.20 Å². The Labute approximate surface area is 99.2 Å². The molecule has 0 unspecified atom stereocenters. The molecule has 2 heterocycles. The van der Waals surface area contributed by atoms with Gasteiger partial charge in [0.25, 0.3) is 0 Å². The molecule has 0 amide bonds. The molecular weight excluding hydrogens is 276 g/mol. The minimum Gasteiger partial charge on any atom is -0.477 e. The Morgan fingerprint density at radius 2 is 2.25 bits per heavy atom. The van der Waals surface area contributed by atoms with Gasteiger partial charge < -0.3 is 9.63 Å². The number of pyridine rings is 1. The Kier molecular flexibility index (Phi) is 2.74. The second kappa shape index (κ2) is 4.05.